The second-order valence-electron chi connectivity index (χ2n) is 5.82. The molecule has 0 amide bonds. The SMILES string of the molecule is CO/N=C(\C(=O)OC)C1=C(C(=O)c2ccc(F)cc2)CC(C)=C(C)C1. The molecule has 0 radical (unpaired) electrons. The number of ketones is 1. The fourth-order valence-corrected chi connectivity index (χ4v) is 2.67. The van der Waals surface area contributed by atoms with Crippen molar-refractivity contribution >= 4 is 17.5 Å². The van der Waals surface area contributed by atoms with E-state index < -0.39 is 11.8 Å². The lowest BCUT2D eigenvalue weighted by Gasteiger charge is -2.22. The first-order chi connectivity index (χ1) is 11.9. The number of nitrogens with zero attached hydrogens (tertiary/aromatic N) is 1. The Balaban J connectivity index is 2.56. The lowest BCUT2D eigenvalue weighted by Crippen LogP contribution is -2.24. The summed E-state index contributed by atoms with van der Waals surface area (Å²) in [6, 6.07) is 5.31. The Hall–Kier alpha value is -2.76. The van der Waals surface area contributed by atoms with E-state index >= 15 is 0 Å². The number of oxime groups is 1. The number of benzene rings is 1. The molecule has 1 aromatic rings. The fourth-order valence-electron chi connectivity index (χ4n) is 2.67. The molecule has 0 aromatic heterocycles. The molecule has 6 heteroatoms. The number of hydrogen-bond acceptors (Lipinski definition) is 5. The number of Topliss-reactive ketones (excluding diaryl/α,β-unsaturated/α-hetero) is 1. The van der Waals surface area contributed by atoms with Crippen molar-refractivity contribution in [1.29, 1.82) is 0 Å². The average molecular weight is 345 g/mol. The van der Waals surface area contributed by atoms with Gasteiger partial charge in [0.05, 0.1) is 7.11 Å². The molecule has 0 N–H and O–H groups in total. The predicted octanol–water partition coefficient (Wildman–Crippen LogP) is 3.61. The van der Waals surface area contributed by atoms with Crippen LogP contribution in [0.15, 0.2) is 51.7 Å². The highest BCUT2D eigenvalue weighted by Crippen LogP contribution is 2.33. The van der Waals surface area contributed by atoms with Crippen molar-refractivity contribution < 1.29 is 23.6 Å². The van der Waals surface area contributed by atoms with Crippen molar-refractivity contribution in [2.45, 2.75) is 26.7 Å². The Morgan fingerprint density at radius 2 is 1.56 bits per heavy atom. The number of carbonyl (C=O) groups is 2. The van der Waals surface area contributed by atoms with E-state index in [1.165, 1.54) is 38.5 Å². The van der Waals surface area contributed by atoms with Gasteiger partial charge < -0.3 is 9.57 Å². The molecular formula is C19H20FNO4. The van der Waals surface area contributed by atoms with E-state index in [-0.39, 0.29) is 11.5 Å². The first-order valence-electron chi connectivity index (χ1n) is 7.76. The van der Waals surface area contributed by atoms with Crippen LogP contribution in [0, 0.1) is 5.82 Å². The van der Waals surface area contributed by atoms with Crippen LogP contribution in [0.25, 0.3) is 0 Å². The molecule has 5 nitrogen and oxygen atoms in total. The minimum atomic E-state index is -0.673. The van der Waals surface area contributed by atoms with Crippen molar-refractivity contribution in [3.63, 3.8) is 0 Å². The summed E-state index contributed by atoms with van der Waals surface area (Å²) in [6.45, 7) is 3.88. The summed E-state index contributed by atoms with van der Waals surface area (Å²) >= 11 is 0. The van der Waals surface area contributed by atoms with Crippen molar-refractivity contribution in [3.05, 3.63) is 57.9 Å². The van der Waals surface area contributed by atoms with Crippen LogP contribution in [0.5, 0.6) is 0 Å². The fraction of sp³-hybridized carbons (Fsp3) is 0.316. The lowest BCUT2D eigenvalue weighted by atomic mass is 9.82. The van der Waals surface area contributed by atoms with Gasteiger partial charge in [-0.3, -0.25) is 4.79 Å². The first-order valence-corrected chi connectivity index (χ1v) is 7.76. The van der Waals surface area contributed by atoms with Crippen LogP contribution in [-0.4, -0.2) is 31.7 Å². The molecule has 1 aliphatic rings. The van der Waals surface area contributed by atoms with E-state index in [1.54, 1.807) is 0 Å². The van der Waals surface area contributed by atoms with Gasteiger partial charge in [0.15, 0.2) is 11.5 Å². The van der Waals surface area contributed by atoms with Gasteiger partial charge in [0, 0.05) is 16.7 Å². The zero-order valence-electron chi connectivity index (χ0n) is 14.7. The van der Waals surface area contributed by atoms with E-state index in [1.807, 2.05) is 13.8 Å². The van der Waals surface area contributed by atoms with Gasteiger partial charge in [-0.25, -0.2) is 9.18 Å². The van der Waals surface area contributed by atoms with Gasteiger partial charge in [-0.1, -0.05) is 16.3 Å². The maximum atomic E-state index is 13.1. The van der Waals surface area contributed by atoms with Gasteiger partial charge in [0.25, 0.3) is 0 Å². The second-order valence-corrected chi connectivity index (χ2v) is 5.82. The minimum Gasteiger partial charge on any atom is -0.464 e. The number of methoxy groups -OCH3 is 1. The molecule has 0 unspecified atom stereocenters. The van der Waals surface area contributed by atoms with Gasteiger partial charge in [-0.2, -0.15) is 0 Å². The first kappa shape index (κ1) is 18.6. The number of ether oxygens (including phenoxy) is 1. The van der Waals surface area contributed by atoms with Gasteiger partial charge >= 0.3 is 5.97 Å². The summed E-state index contributed by atoms with van der Waals surface area (Å²) in [5, 5.41) is 3.77. The van der Waals surface area contributed by atoms with Crippen LogP contribution in [0.1, 0.15) is 37.0 Å². The Morgan fingerprint density at radius 1 is 1.00 bits per heavy atom. The molecule has 0 saturated carbocycles. The molecule has 0 heterocycles. The molecule has 0 spiro atoms. The summed E-state index contributed by atoms with van der Waals surface area (Å²) in [5.74, 6) is -1.36. The Labute approximate surface area is 145 Å². The smallest absolute Gasteiger partial charge is 0.360 e. The molecule has 132 valence electrons. The molecule has 0 saturated heterocycles. The van der Waals surface area contributed by atoms with E-state index in [2.05, 4.69) is 5.16 Å². The Bertz CT molecular complexity index is 788. The van der Waals surface area contributed by atoms with Gasteiger partial charge in [0.1, 0.15) is 12.9 Å². The second kappa shape index (κ2) is 7.88. The zero-order chi connectivity index (χ0) is 18.6. The third-order valence-electron chi connectivity index (χ3n) is 4.20. The maximum Gasteiger partial charge on any atom is 0.360 e. The van der Waals surface area contributed by atoms with E-state index in [0.29, 0.717) is 29.6 Å². The number of esters is 1. The molecular weight excluding hydrogens is 325 g/mol. The predicted molar refractivity (Wildman–Crippen MR) is 91.8 cm³/mol. The van der Waals surface area contributed by atoms with Crippen LogP contribution in [0.4, 0.5) is 4.39 Å². The molecule has 0 bridgehead atoms. The molecule has 0 aliphatic heterocycles. The molecule has 2 rings (SSSR count). The van der Waals surface area contributed by atoms with Crippen LogP contribution in [0.3, 0.4) is 0 Å². The quantitative estimate of drug-likeness (QED) is 0.269. The summed E-state index contributed by atoms with van der Waals surface area (Å²) in [4.78, 5) is 29.8. The van der Waals surface area contributed by atoms with Crippen LogP contribution in [0.2, 0.25) is 0 Å². The molecule has 1 aliphatic carbocycles. The Morgan fingerprint density at radius 3 is 2.08 bits per heavy atom. The summed E-state index contributed by atoms with van der Waals surface area (Å²) < 4.78 is 17.9. The standard InChI is InChI=1S/C19H20FNO4/c1-11-9-15(17(21-25-4)19(23)24-3)16(10-12(11)2)18(22)13-5-7-14(20)8-6-13/h5-8H,9-10H2,1-4H3/b21-17-. The number of carbonyl (C=O) groups excluding carboxylic acids is 2. The normalized spacial score (nSPS) is 15.3. The average Bonchev–Trinajstić information content (AvgIpc) is 2.61. The molecule has 25 heavy (non-hydrogen) atoms. The lowest BCUT2D eigenvalue weighted by molar-refractivity contribution is -0.132. The molecule has 1 aromatic carbocycles. The van der Waals surface area contributed by atoms with Crippen molar-refractivity contribution in [1.82, 2.24) is 0 Å². The summed E-state index contributed by atoms with van der Waals surface area (Å²) in [6.07, 6.45) is 0.780. The number of hydrogen-bond donors (Lipinski definition) is 0. The molecule has 0 fully saturated rings. The topological polar surface area (TPSA) is 65.0 Å². The van der Waals surface area contributed by atoms with Crippen LogP contribution < -0.4 is 0 Å². The highest BCUT2D eigenvalue weighted by Gasteiger charge is 2.29. The maximum absolute atomic E-state index is 13.1. The third-order valence-corrected chi connectivity index (χ3v) is 4.20. The highest BCUT2D eigenvalue weighted by atomic mass is 19.1. The van der Waals surface area contributed by atoms with Crippen LogP contribution in [-0.2, 0) is 14.4 Å². The van der Waals surface area contributed by atoms with Crippen LogP contribution >= 0.6 is 0 Å². The Kier molecular flexibility index (Phi) is 5.85. The van der Waals surface area contributed by atoms with Gasteiger partial charge in [-0.05, 0) is 51.0 Å². The summed E-state index contributed by atoms with van der Waals surface area (Å²) in [5.41, 5.74) is 3.35. The summed E-state index contributed by atoms with van der Waals surface area (Å²) in [7, 11) is 2.56. The largest absolute Gasteiger partial charge is 0.464 e. The monoisotopic (exact) mass is 345 g/mol. The van der Waals surface area contributed by atoms with Crippen molar-refractivity contribution in [2.75, 3.05) is 14.2 Å². The van der Waals surface area contributed by atoms with Gasteiger partial charge in [0.2, 0.25) is 0 Å². The molecule has 0 atom stereocenters. The highest BCUT2D eigenvalue weighted by molar-refractivity contribution is 6.44. The number of rotatable bonds is 5. The van der Waals surface area contributed by atoms with Crippen molar-refractivity contribution in [2.24, 2.45) is 5.16 Å². The number of halogens is 1. The number of allylic oxidation sites excluding steroid dienone is 3. The van der Waals surface area contributed by atoms with Gasteiger partial charge in [-0.15, -0.1) is 0 Å². The van der Waals surface area contributed by atoms with E-state index in [0.717, 1.165) is 11.1 Å². The van der Waals surface area contributed by atoms with Crippen molar-refractivity contribution in [3.8, 4) is 0 Å². The minimum absolute atomic E-state index is 0.0256. The van der Waals surface area contributed by atoms with E-state index in [9.17, 15) is 14.0 Å². The zero-order valence-corrected chi connectivity index (χ0v) is 14.7. The third kappa shape index (κ3) is 4.02. The van der Waals surface area contributed by atoms with E-state index in [4.69, 9.17) is 9.57 Å².